The molecule has 23 heavy (non-hydrogen) atoms. The number of methoxy groups -OCH3 is 1. The predicted octanol–water partition coefficient (Wildman–Crippen LogP) is 3.82. The summed E-state index contributed by atoms with van der Waals surface area (Å²) in [5.41, 5.74) is 0.278. The number of sulfonamides is 1. The Morgan fingerprint density at radius 2 is 1.70 bits per heavy atom. The maximum Gasteiger partial charge on any atom is 0.236 e. The highest BCUT2D eigenvalue weighted by atomic mass is 35.5. The van der Waals surface area contributed by atoms with Crippen molar-refractivity contribution in [2.24, 2.45) is 0 Å². The molecule has 5 nitrogen and oxygen atoms in total. The van der Waals surface area contributed by atoms with Crippen LogP contribution in [0.3, 0.4) is 0 Å². The van der Waals surface area contributed by atoms with Crippen molar-refractivity contribution in [1.29, 1.82) is 0 Å². The summed E-state index contributed by atoms with van der Waals surface area (Å²) in [6, 6.07) is 11.4. The molecule has 2 aromatic rings. The summed E-state index contributed by atoms with van der Waals surface area (Å²) in [4.78, 5) is 0. The average Bonchev–Trinajstić information content (AvgIpc) is 2.50. The van der Waals surface area contributed by atoms with Crippen LogP contribution >= 0.6 is 23.2 Å². The molecular weight excluding hydrogens is 361 g/mol. The third-order valence-corrected chi connectivity index (χ3v) is 4.66. The van der Waals surface area contributed by atoms with Gasteiger partial charge in [0.1, 0.15) is 23.9 Å². The molecule has 0 aromatic heterocycles. The molecule has 0 fully saturated rings. The van der Waals surface area contributed by atoms with Crippen LogP contribution < -0.4 is 14.2 Å². The zero-order valence-corrected chi connectivity index (χ0v) is 14.6. The summed E-state index contributed by atoms with van der Waals surface area (Å²) >= 11 is 11.7. The molecule has 0 heterocycles. The van der Waals surface area contributed by atoms with Crippen molar-refractivity contribution >= 4 is 38.9 Å². The number of nitrogens with one attached hydrogen (secondary N) is 1. The molecule has 124 valence electrons. The van der Waals surface area contributed by atoms with Gasteiger partial charge in [-0.2, -0.15) is 0 Å². The molecule has 0 spiro atoms. The van der Waals surface area contributed by atoms with Crippen molar-refractivity contribution in [1.82, 2.24) is 0 Å². The zero-order valence-electron chi connectivity index (χ0n) is 12.3. The molecule has 0 bridgehead atoms. The van der Waals surface area contributed by atoms with E-state index in [1.165, 1.54) is 12.1 Å². The monoisotopic (exact) mass is 375 g/mol. The van der Waals surface area contributed by atoms with Crippen LogP contribution in [0.5, 0.6) is 11.5 Å². The van der Waals surface area contributed by atoms with E-state index in [4.69, 9.17) is 32.7 Å². The Morgan fingerprint density at radius 1 is 1.04 bits per heavy atom. The van der Waals surface area contributed by atoms with E-state index in [-0.39, 0.29) is 23.1 Å². The SMILES string of the molecule is COc1ccc(OCCS(=O)(=O)Nc2ccc(Cl)cc2Cl)cc1. The normalized spacial score (nSPS) is 11.1. The number of ether oxygens (including phenoxy) is 2. The minimum absolute atomic E-state index is 0.00682. The largest absolute Gasteiger partial charge is 0.497 e. The molecule has 2 rings (SSSR count). The van der Waals surface area contributed by atoms with Crippen molar-refractivity contribution in [3.63, 3.8) is 0 Å². The van der Waals surface area contributed by atoms with Gasteiger partial charge in [-0.25, -0.2) is 8.42 Å². The Kier molecular flexibility index (Phi) is 5.98. The first kappa shape index (κ1) is 17.7. The highest BCUT2D eigenvalue weighted by Crippen LogP contribution is 2.26. The molecule has 2 aromatic carbocycles. The number of hydrogen-bond acceptors (Lipinski definition) is 4. The van der Waals surface area contributed by atoms with E-state index >= 15 is 0 Å². The van der Waals surface area contributed by atoms with Crippen LogP contribution in [0.2, 0.25) is 10.0 Å². The second-order valence-electron chi connectivity index (χ2n) is 4.57. The fourth-order valence-corrected chi connectivity index (χ4v) is 3.16. The summed E-state index contributed by atoms with van der Waals surface area (Å²) in [5.74, 6) is 1.05. The number of rotatable bonds is 7. The van der Waals surface area contributed by atoms with Gasteiger partial charge in [0, 0.05) is 5.02 Å². The minimum Gasteiger partial charge on any atom is -0.497 e. The van der Waals surface area contributed by atoms with Crippen LogP contribution in [0.25, 0.3) is 0 Å². The van der Waals surface area contributed by atoms with Gasteiger partial charge < -0.3 is 9.47 Å². The van der Waals surface area contributed by atoms with Crippen molar-refractivity contribution in [3.8, 4) is 11.5 Å². The van der Waals surface area contributed by atoms with Gasteiger partial charge in [0.25, 0.3) is 0 Å². The fourth-order valence-electron chi connectivity index (χ4n) is 1.73. The lowest BCUT2D eigenvalue weighted by Gasteiger charge is -2.11. The molecule has 0 radical (unpaired) electrons. The van der Waals surface area contributed by atoms with Crippen molar-refractivity contribution < 1.29 is 17.9 Å². The first-order valence-corrected chi connectivity index (χ1v) is 9.03. The Balaban J connectivity index is 1.90. The van der Waals surface area contributed by atoms with Gasteiger partial charge in [0.2, 0.25) is 10.0 Å². The molecule has 0 aliphatic carbocycles. The zero-order chi connectivity index (χ0) is 16.9. The van der Waals surface area contributed by atoms with Gasteiger partial charge in [-0.1, -0.05) is 23.2 Å². The van der Waals surface area contributed by atoms with Gasteiger partial charge in [0.05, 0.1) is 17.8 Å². The summed E-state index contributed by atoms with van der Waals surface area (Å²) in [7, 11) is -2.01. The molecule has 0 aliphatic rings. The first-order valence-electron chi connectivity index (χ1n) is 6.62. The van der Waals surface area contributed by atoms with E-state index in [1.807, 2.05) is 0 Å². The quantitative estimate of drug-likeness (QED) is 0.798. The molecule has 0 saturated heterocycles. The molecule has 0 aliphatic heterocycles. The van der Waals surface area contributed by atoms with Gasteiger partial charge in [-0.3, -0.25) is 4.72 Å². The predicted molar refractivity (Wildman–Crippen MR) is 92.4 cm³/mol. The molecule has 0 saturated carbocycles. The standard InChI is InChI=1S/C15H15Cl2NO4S/c1-21-12-3-5-13(6-4-12)22-8-9-23(19,20)18-15-7-2-11(16)10-14(15)17/h2-7,10,18H,8-9H2,1H3. The lowest BCUT2D eigenvalue weighted by Crippen LogP contribution is -2.21. The van der Waals surface area contributed by atoms with Crippen LogP contribution in [0.4, 0.5) is 5.69 Å². The molecule has 0 atom stereocenters. The maximum absolute atomic E-state index is 12.0. The molecule has 8 heteroatoms. The Hall–Kier alpha value is -1.63. The Morgan fingerprint density at radius 3 is 2.30 bits per heavy atom. The van der Waals surface area contributed by atoms with Crippen LogP contribution in [0, 0.1) is 0 Å². The smallest absolute Gasteiger partial charge is 0.236 e. The third-order valence-electron chi connectivity index (χ3n) is 2.88. The van der Waals surface area contributed by atoms with Crippen molar-refractivity contribution in [3.05, 3.63) is 52.5 Å². The minimum atomic E-state index is -3.58. The Bertz CT molecular complexity index is 764. The molecule has 0 amide bonds. The molecular formula is C15H15Cl2NO4S. The average molecular weight is 376 g/mol. The second kappa shape index (κ2) is 7.77. The van der Waals surface area contributed by atoms with E-state index in [0.29, 0.717) is 16.5 Å². The summed E-state index contributed by atoms with van der Waals surface area (Å²) in [6.45, 7) is 0.00682. The first-order chi connectivity index (χ1) is 10.9. The number of hydrogen-bond donors (Lipinski definition) is 1. The van der Waals surface area contributed by atoms with E-state index in [1.54, 1.807) is 37.4 Å². The Labute approximate surface area is 145 Å². The topological polar surface area (TPSA) is 64.6 Å². The van der Waals surface area contributed by atoms with Crippen molar-refractivity contribution in [2.75, 3.05) is 24.2 Å². The number of benzene rings is 2. The van der Waals surface area contributed by atoms with Crippen molar-refractivity contribution in [2.45, 2.75) is 0 Å². The van der Waals surface area contributed by atoms with Crippen LogP contribution in [-0.2, 0) is 10.0 Å². The lowest BCUT2D eigenvalue weighted by molar-refractivity contribution is 0.340. The second-order valence-corrected chi connectivity index (χ2v) is 7.25. The van der Waals surface area contributed by atoms with Crippen LogP contribution in [0.15, 0.2) is 42.5 Å². The number of anilines is 1. The van der Waals surface area contributed by atoms with E-state index in [2.05, 4.69) is 4.72 Å². The van der Waals surface area contributed by atoms with Gasteiger partial charge in [0.15, 0.2) is 0 Å². The maximum atomic E-state index is 12.0. The summed E-state index contributed by atoms with van der Waals surface area (Å²) < 4.78 is 36.9. The molecule has 0 unspecified atom stereocenters. The van der Waals surface area contributed by atoms with Gasteiger partial charge in [-0.15, -0.1) is 0 Å². The fraction of sp³-hybridized carbons (Fsp3) is 0.200. The van der Waals surface area contributed by atoms with Crippen LogP contribution in [-0.4, -0.2) is 27.9 Å². The van der Waals surface area contributed by atoms with Gasteiger partial charge >= 0.3 is 0 Å². The lowest BCUT2D eigenvalue weighted by atomic mass is 10.3. The third kappa shape index (κ3) is 5.49. The van der Waals surface area contributed by atoms with Crippen LogP contribution in [0.1, 0.15) is 0 Å². The van der Waals surface area contributed by atoms with E-state index in [9.17, 15) is 8.42 Å². The van der Waals surface area contributed by atoms with E-state index in [0.717, 1.165) is 0 Å². The number of halogens is 2. The summed E-state index contributed by atoms with van der Waals surface area (Å²) in [6.07, 6.45) is 0. The van der Waals surface area contributed by atoms with Gasteiger partial charge in [-0.05, 0) is 42.5 Å². The van der Waals surface area contributed by atoms with E-state index < -0.39 is 10.0 Å². The highest BCUT2D eigenvalue weighted by Gasteiger charge is 2.13. The summed E-state index contributed by atoms with van der Waals surface area (Å²) in [5, 5.41) is 0.665. The molecule has 1 N–H and O–H groups in total. The highest BCUT2D eigenvalue weighted by molar-refractivity contribution is 7.92.